The van der Waals surface area contributed by atoms with Gasteiger partial charge < -0.3 is 21.3 Å². The lowest BCUT2D eigenvalue weighted by molar-refractivity contribution is -0.118. The monoisotopic (exact) mass is 494 g/mol. The normalized spacial score (nSPS) is 11.4. The van der Waals surface area contributed by atoms with Crippen molar-refractivity contribution in [2.24, 2.45) is 0 Å². The quantitative estimate of drug-likeness (QED) is 0.372. The van der Waals surface area contributed by atoms with E-state index in [-0.39, 0.29) is 36.5 Å². The number of hydrogen-bond donors (Lipinski definition) is 4. The van der Waals surface area contributed by atoms with Gasteiger partial charge in [0, 0.05) is 23.9 Å². The van der Waals surface area contributed by atoms with Crippen LogP contribution in [0.3, 0.4) is 0 Å². The second kappa shape index (κ2) is 12.3. The van der Waals surface area contributed by atoms with E-state index in [1.54, 1.807) is 48.5 Å². The number of hydrogen-bond acceptors (Lipinski definition) is 4. The van der Waals surface area contributed by atoms with Gasteiger partial charge in [-0.1, -0.05) is 24.3 Å². The highest BCUT2D eigenvalue weighted by Gasteiger charge is 2.20. The molecule has 36 heavy (non-hydrogen) atoms. The van der Waals surface area contributed by atoms with Crippen LogP contribution in [0.2, 0.25) is 0 Å². The zero-order valence-corrected chi connectivity index (χ0v) is 22.1. The molecule has 0 aliphatic heterocycles. The molecule has 4 amide bonds. The Labute approximate surface area is 213 Å². The number of unbranched alkanes of at least 4 members (excludes halogenated alkanes) is 1. The fraction of sp³-hybridized carbons (Fsp3) is 0.429. The van der Waals surface area contributed by atoms with Crippen molar-refractivity contribution < 1.29 is 19.2 Å². The molecule has 2 aromatic carbocycles. The van der Waals surface area contributed by atoms with E-state index in [2.05, 4.69) is 21.3 Å². The molecule has 0 atom stereocenters. The predicted octanol–water partition coefficient (Wildman–Crippen LogP) is 4.88. The summed E-state index contributed by atoms with van der Waals surface area (Å²) < 4.78 is 0. The minimum atomic E-state index is -0.397. The Morgan fingerprint density at radius 2 is 0.917 bits per heavy atom. The van der Waals surface area contributed by atoms with Crippen LogP contribution in [0.15, 0.2) is 48.5 Å². The van der Waals surface area contributed by atoms with Gasteiger partial charge in [-0.3, -0.25) is 19.2 Å². The summed E-state index contributed by atoms with van der Waals surface area (Å²) >= 11 is 0. The molecule has 2 rings (SSSR count). The van der Waals surface area contributed by atoms with Gasteiger partial charge in [0.05, 0.1) is 22.5 Å². The molecule has 0 aliphatic rings. The third-order valence-electron chi connectivity index (χ3n) is 4.93. The van der Waals surface area contributed by atoms with Crippen molar-refractivity contribution in [3.05, 3.63) is 59.7 Å². The molecular weight excluding hydrogens is 456 g/mol. The molecule has 4 N–H and O–H groups in total. The van der Waals surface area contributed by atoms with E-state index in [4.69, 9.17) is 0 Å². The first kappa shape index (κ1) is 28.6. The van der Waals surface area contributed by atoms with Crippen molar-refractivity contribution in [3.63, 3.8) is 0 Å². The molecule has 0 saturated heterocycles. The Morgan fingerprint density at radius 3 is 1.25 bits per heavy atom. The van der Waals surface area contributed by atoms with Gasteiger partial charge in [-0.2, -0.15) is 0 Å². The topological polar surface area (TPSA) is 116 Å². The van der Waals surface area contributed by atoms with Crippen molar-refractivity contribution in [1.82, 2.24) is 10.6 Å². The average Bonchev–Trinajstić information content (AvgIpc) is 2.75. The smallest absolute Gasteiger partial charge is 0.253 e. The van der Waals surface area contributed by atoms with E-state index < -0.39 is 11.1 Å². The van der Waals surface area contributed by atoms with Crippen LogP contribution in [0, 0.1) is 0 Å². The van der Waals surface area contributed by atoms with Crippen LogP contribution >= 0.6 is 0 Å². The number of anilines is 2. The third-order valence-corrected chi connectivity index (χ3v) is 4.93. The van der Waals surface area contributed by atoms with Crippen LogP contribution in [0.1, 0.15) is 87.9 Å². The van der Waals surface area contributed by atoms with E-state index >= 15 is 0 Å². The first-order chi connectivity index (χ1) is 16.7. The number of carbonyl (C=O) groups is 4. The Bertz CT molecular complexity index is 1010. The zero-order chi connectivity index (χ0) is 26.9. The van der Waals surface area contributed by atoms with E-state index in [1.165, 1.54) is 0 Å². The SMILES string of the molecule is CC(C)(C)NC(=O)c1ccccc1NC(=O)CCCCC(=O)Nc1ccccc1C(=O)NC(C)(C)C. The van der Waals surface area contributed by atoms with Crippen LogP contribution in [0.4, 0.5) is 11.4 Å². The maximum absolute atomic E-state index is 12.6. The molecule has 2 aromatic rings. The lowest BCUT2D eigenvalue weighted by Crippen LogP contribution is -2.40. The molecule has 0 aliphatic carbocycles. The lowest BCUT2D eigenvalue weighted by atomic mass is 10.1. The molecule has 0 unspecified atom stereocenters. The highest BCUT2D eigenvalue weighted by Crippen LogP contribution is 2.19. The molecule has 0 saturated carbocycles. The van der Waals surface area contributed by atoms with Crippen molar-refractivity contribution in [3.8, 4) is 0 Å². The largest absolute Gasteiger partial charge is 0.347 e. The van der Waals surface area contributed by atoms with Crippen molar-refractivity contribution in [1.29, 1.82) is 0 Å². The summed E-state index contributed by atoms with van der Waals surface area (Å²) in [6.07, 6.45) is 1.43. The highest BCUT2D eigenvalue weighted by molar-refractivity contribution is 6.05. The van der Waals surface area contributed by atoms with Crippen LogP contribution in [-0.2, 0) is 9.59 Å². The summed E-state index contributed by atoms with van der Waals surface area (Å²) in [5, 5.41) is 11.4. The van der Waals surface area contributed by atoms with Crippen LogP contribution in [0.25, 0.3) is 0 Å². The summed E-state index contributed by atoms with van der Waals surface area (Å²) in [6, 6.07) is 13.7. The predicted molar refractivity (Wildman–Crippen MR) is 143 cm³/mol. The van der Waals surface area contributed by atoms with Crippen molar-refractivity contribution in [2.45, 2.75) is 78.3 Å². The number of benzene rings is 2. The Balaban J connectivity index is 1.85. The van der Waals surface area contributed by atoms with Gasteiger partial charge in [0.25, 0.3) is 11.8 Å². The summed E-state index contributed by atoms with van der Waals surface area (Å²) in [4.78, 5) is 50.0. The van der Waals surface area contributed by atoms with E-state index in [0.29, 0.717) is 35.3 Å². The average molecular weight is 495 g/mol. The Morgan fingerprint density at radius 1 is 0.583 bits per heavy atom. The second-order valence-corrected chi connectivity index (χ2v) is 10.8. The summed E-state index contributed by atoms with van der Waals surface area (Å²) in [5.41, 5.74) is 0.903. The molecule has 0 radical (unpaired) electrons. The molecule has 0 heterocycles. The van der Waals surface area contributed by atoms with Crippen LogP contribution in [0.5, 0.6) is 0 Å². The minimum Gasteiger partial charge on any atom is -0.347 e. The molecule has 194 valence electrons. The second-order valence-electron chi connectivity index (χ2n) is 10.8. The van der Waals surface area contributed by atoms with Crippen molar-refractivity contribution >= 4 is 35.0 Å². The molecular formula is C28H38N4O4. The molecule has 0 bridgehead atoms. The highest BCUT2D eigenvalue weighted by atomic mass is 16.2. The number of para-hydroxylation sites is 2. The minimum absolute atomic E-state index is 0.215. The van der Waals surface area contributed by atoms with Gasteiger partial charge >= 0.3 is 0 Å². The lowest BCUT2D eigenvalue weighted by Gasteiger charge is -2.21. The van der Waals surface area contributed by atoms with Gasteiger partial charge in [-0.15, -0.1) is 0 Å². The first-order valence-electron chi connectivity index (χ1n) is 12.2. The molecule has 0 aromatic heterocycles. The molecule has 8 heteroatoms. The molecule has 8 nitrogen and oxygen atoms in total. The summed E-state index contributed by atoms with van der Waals surface area (Å²) in [7, 11) is 0. The zero-order valence-electron chi connectivity index (χ0n) is 22.1. The Kier molecular flexibility index (Phi) is 9.78. The summed E-state index contributed by atoms with van der Waals surface area (Å²) in [6.45, 7) is 11.3. The summed E-state index contributed by atoms with van der Waals surface area (Å²) in [5.74, 6) is -0.968. The van der Waals surface area contributed by atoms with E-state index in [0.717, 1.165) is 0 Å². The van der Waals surface area contributed by atoms with Gasteiger partial charge in [0.1, 0.15) is 0 Å². The van der Waals surface area contributed by atoms with E-state index in [1.807, 2.05) is 41.5 Å². The van der Waals surface area contributed by atoms with Gasteiger partial charge in [0.15, 0.2) is 0 Å². The standard InChI is InChI=1S/C28H38N4O4/c1-27(2,3)31-25(35)19-13-7-9-15-21(19)29-23(33)17-11-12-18-24(34)30-22-16-10-8-14-20(22)26(36)32-28(4,5)6/h7-10,13-16H,11-12,17-18H2,1-6H3,(H,29,33)(H,30,34)(H,31,35)(H,32,36). The molecule has 0 fully saturated rings. The maximum atomic E-state index is 12.6. The molecule has 0 spiro atoms. The van der Waals surface area contributed by atoms with Gasteiger partial charge in [0.2, 0.25) is 11.8 Å². The van der Waals surface area contributed by atoms with Crippen LogP contribution < -0.4 is 21.3 Å². The first-order valence-corrected chi connectivity index (χ1v) is 12.2. The van der Waals surface area contributed by atoms with Gasteiger partial charge in [-0.25, -0.2) is 0 Å². The fourth-order valence-electron chi connectivity index (χ4n) is 3.39. The fourth-order valence-corrected chi connectivity index (χ4v) is 3.39. The number of carbonyl (C=O) groups excluding carboxylic acids is 4. The number of nitrogens with one attached hydrogen (secondary N) is 4. The van der Waals surface area contributed by atoms with Crippen LogP contribution in [-0.4, -0.2) is 34.7 Å². The number of amides is 4. The third kappa shape index (κ3) is 9.90. The van der Waals surface area contributed by atoms with Crippen molar-refractivity contribution in [2.75, 3.05) is 10.6 Å². The van der Waals surface area contributed by atoms with E-state index in [9.17, 15) is 19.2 Å². The Hall–Kier alpha value is -3.68. The number of rotatable bonds is 9. The van der Waals surface area contributed by atoms with Gasteiger partial charge in [-0.05, 0) is 78.6 Å². The maximum Gasteiger partial charge on any atom is 0.253 e.